The zero-order valence-electron chi connectivity index (χ0n) is 21.3. The number of aromatic nitrogens is 1. The van der Waals surface area contributed by atoms with Crippen LogP contribution in [0.2, 0.25) is 0 Å². The van der Waals surface area contributed by atoms with Crippen LogP contribution in [-0.4, -0.2) is 59.4 Å². The molecule has 3 heterocycles. The summed E-state index contributed by atoms with van der Waals surface area (Å²) in [5.74, 6) is 1.99. The molecule has 0 spiro atoms. The fourth-order valence-electron chi connectivity index (χ4n) is 3.78. The van der Waals surface area contributed by atoms with Crippen molar-refractivity contribution in [3.8, 4) is 23.0 Å². The van der Waals surface area contributed by atoms with Gasteiger partial charge in [0, 0.05) is 30.4 Å². The molecule has 2 aliphatic heterocycles. The Morgan fingerprint density at radius 1 is 0.974 bits per heavy atom. The Kier molecular flexibility index (Phi) is 7.88. The topological polar surface area (TPSA) is 119 Å². The molecule has 39 heavy (non-hydrogen) atoms. The molecular formula is C28H25N5O5S. The maximum absolute atomic E-state index is 12.8. The first kappa shape index (κ1) is 26.0. The number of nitrogens with one attached hydrogen (secondary N) is 1. The van der Waals surface area contributed by atoms with Crippen molar-refractivity contribution in [3.63, 3.8) is 0 Å². The zero-order valence-corrected chi connectivity index (χ0v) is 22.1. The minimum atomic E-state index is -0.503. The van der Waals surface area contributed by atoms with Crippen molar-refractivity contribution >= 4 is 39.8 Å². The third kappa shape index (κ3) is 5.93. The number of amidine groups is 2. The number of benzene rings is 2. The standard InChI is InChI=1S/C28H25N5O5S/c1-35-20-7-3-8-21(16-20)37-12-5-13-38-23-10-9-18(15-24(23)36-2)14-22-25(29)33-28(31-26(22)34)39-27(32-33)19-6-4-11-30-17-19/h3-4,6-11,14-17,29H,5,12-13H2,1-2H3. The molecule has 0 saturated heterocycles. The Labute approximate surface area is 229 Å². The second kappa shape index (κ2) is 11.8. The number of carbonyl (C=O) groups excluding carboxylic acids is 1. The lowest BCUT2D eigenvalue weighted by atomic mass is 10.1. The van der Waals surface area contributed by atoms with Gasteiger partial charge in [0.05, 0.1) is 33.0 Å². The SMILES string of the molecule is COc1cccc(OCCCOc2ccc(C=C3C(=N)N4N=C(c5cccnc5)SC4=NC3=O)cc2OC)c1. The van der Waals surface area contributed by atoms with Crippen LogP contribution in [0, 0.1) is 5.41 Å². The molecule has 0 unspecified atom stereocenters. The van der Waals surface area contributed by atoms with Gasteiger partial charge in [0.15, 0.2) is 17.3 Å². The molecule has 2 aliphatic rings. The Morgan fingerprint density at radius 3 is 2.62 bits per heavy atom. The van der Waals surface area contributed by atoms with Crippen LogP contribution in [0.4, 0.5) is 0 Å². The lowest BCUT2D eigenvalue weighted by Crippen LogP contribution is -2.35. The van der Waals surface area contributed by atoms with Gasteiger partial charge in [-0.2, -0.15) is 15.1 Å². The van der Waals surface area contributed by atoms with E-state index in [2.05, 4.69) is 15.1 Å². The van der Waals surface area contributed by atoms with Gasteiger partial charge in [-0.25, -0.2) is 0 Å². The summed E-state index contributed by atoms with van der Waals surface area (Å²) >= 11 is 1.23. The Bertz CT molecular complexity index is 1490. The van der Waals surface area contributed by atoms with Crippen LogP contribution in [0.5, 0.6) is 23.0 Å². The van der Waals surface area contributed by atoms with Crippen LogP contribution in [0.3, 0.4) is 0 Å². The summed E-state index contributed by atoms with van der Waals surface area (Å²) in [5.41, 5.74) is 1.58. The molecule has 1 N–H and O–H groups in total. The van der Waals surface area contributed by atoms with Crippen molar-refractivity contribution in [3.05, 3.63) is 83.7 Å². The number of ether oxygens (including phenoxy) is 4. The molecule has 1 amide bonds. The number of carbonyl (C=O) groups is 1. The third-order valence-corrected chi connectivity index (χ3v) is 6.68. The van der Waals surface area contributed by atoms with Gasteiger partial charge in [-0.15, -0.1) is 0 Å². The normalized spacial score (nSPS) is 15.5. The molecule has 1 aromatic heterocycles. The van der Waals surface area contributed by atoms with Gasteiger partial charge in [0.2, 0.25) is 5.17 Å². The van der Waals surface area contributed by atoms with E-state index < -0.39 is 5.91 Å². The van der Waals surface area contributed by atoms with Crippen molar-refractivity contribution in [1.82, 2.24) is 9.99 Å². The Morgan fingerprint density at radius 2 is 1.82 bits per heavy atom. The second-order valence-corrected chi connectivity index (χ2v) is 9.26. The van der Waals surface area contributed by atoms with Crippen molar-refractivity contribution in [2.24, 2.45) is 10.1 Å². The molecule has 0 bridgehead atoms. The number of methoxy groups -OCH3 is 2. The van der Waals surface area contributed by atoms with Gasteiger partial charge in [-0.3, -0.25) is 15.2 Å². The summed E-state index contributed by atoms with van der Waals surface area (Å²) in [6, 6.07) is 16.4. The van der Waals surface area contributed by atoms with E-state index in [-0.39, 0.29) is 11.4 Å². The predicted molar refractivity (Wildman–Crippen MR) is 150 cm³/mol. The fraction of sp³-hybridized carbons (Fsp3) is 0.179. The van der Waals surface area contributed by atoms with Gasteiger partial charge < -0.3 is 18.9 Å². The summed E-state index contributed by atoms with van der Waals surface area (Å²) in [6.07, 6.45) is 5.61. The molecule has 0 saturated carbocycles. The minimum absolute atomic E-state index is 0.0493. The minimum Gasteiger partial charge on any atom is -0.497 e. The highest BCUT2D eigenvalue weighted by molar-refractivity contribution is 8.27. The lowest BCUT2D eigenvalue weighted by molar-refractivity contribution is -0.114. The van der Waals surface area contributed by atoms with Crippen LogP contribution >= 0.6 is 11.8 Å². The zero-order chi connectivity index (χ0) is 27.2. The molecule has 5 rings (SSSR count). The van der Waals surface area contributed by atoms with Crippen molar-refractivity contribution < 1.29 is 23.7 Å². The van der Waals surface area contributed by atoms with Crippen LogP contribution in [0.1, 0.15) is 17.5 Å². The van der Waals surface area contributed by atoms with Crippen molar-refractivity contribution in [2.45, 2.75) is 6.42 Å². The number of hydrazone groups is 1. The average molecular weight is 544 g/mol. The third-order valence-electron chi connectivity index (χ3n) is 5.72. The Hall–Kier alpha value is -4.64. The van der Waals surface area contributed by atoms with Crippen LogP contribution in [0.25, 0.3) is 6.08 Å². The van der Waals surface area contributed by atoms with Crippen LogP contribution in [-0.2, 0) is 4.79 Å². The van der Waals surface area contributed by atoms with E-state index in [0.717, 1.165) is 17.1 Å². The highest BCUT2D eigenvalue weighted by Crippen LogP contribution is 2.32. The number of thioether (sulfide) groups is 1. The highest BCUT2D eigenvalue weighted by atomic mass is 32.2. The summed E-state index contributed by atoms with van der Waals surface area (Å²) in [7, 11) is 3.16. The van der Waals surface area contributed by atoms with Gasteiger partial charge in [-0.05, 0) is 59.8 Å². The molecule has 0 fully saturated rings. The fourth-order valence-corrected chi connectivity index (χ4v) is 4.66. The van der Waals surface area contributed by atoms with Gasteiger partial charge >= 0.3 is 0 Å². The summed E-state index contributed by atoms with van der Waals surface area (Å²) in [4.78, 5) is 21.0. The van der Waals surface area contributed by atoms with E-state index in [1.807, 2.05) is 30.3 Å². The highest BCUT2D eigenvalue weighted by Gasteiger charge is 2.36. The first-order chi connectivity index (χ1) is 19.1. The number of pyridine rings is 1. The van der Waals surface area contributed by atoms with Crippen LogP contribution < -0.4 is 18.9 Å². The van der Waals surface area contributed by atoms with E-state index >= 15 is 0 Å². The maximum atomic E-state index is 12.8. The molecular weight excluding hydrogens is 518 g/mol. The number of aliphatic imine (C=N–C) groups is 1. The summed E-state index contributed by atoms with van der Waals surface area (Å²) in [6.45, 7) is 0.900. The smallest absolute Gasteiger partial charge is 0.283 e. The molecule has 11 heteroatoms. The molecule has 0 atom stereocenters. The van der Waals surface area contributed by atoms with Crippen molar-refractivity contribution in [1.29, 1.82) is 5.41 Å². The van der Waals surface area contributed by atoms with Crippen LogP contribution in [0.15, 0.2) is 82.7 Å². The van der Waals surface area contributed by atoms with E-state index in [1.54, 1.807) is 57.0 Å². The molecule has 10 nitrogen and oxygen atoms in total. The molecule has 0 radical (unpaired) electrons. The number of fused-ring (bicyclic) bond motifs is 1. The monoisotopic (exact) mass is 543 g/mol. The number of rotatable bonds is 10. The maximum Gasteiger partial charge on any atom is 0.283 e. The van der Waals surface area contributed by atoms with Gasteiger partial charge in [0.25, 0.3) is 5.91 Å². The average Bonchev–Trinajstić information content (AvgIpc) is 3.40. The van der Waals surface area contributed by atoms with E-state index in [1.165, 1.54) is 16.8 Å². The Balaban J connectivity index is 1.23. The van der Waals surface area contributed by atoms with Gasteiger partial charge in [0.1, 0.15) is 16.5 Å². The summed E-state index contributed by atoms with van der Waals surface area (Å²) < 4.78 is 22.4. The molecule has 198 valence electrons. The van der Waals surface area contributed by atoms with E-state index in [9.17, 15) is 4.79 Å². The lowest BCUT2D eigenvalue weighted by Gasteiger charge is -2.20. The van der Waals surface area contributed by atoms with E-state index in [4.69, 9.17) is 24.4 Å². The molecule has 0 aliphatic carbocycles. The van der Waals surface area contributed by atoms with Gasteiger partial charge in [-0.1, -0.05) is 12.1 Å². The largest absolute Gasteiger partial charge is 0.497 e. The second-order valence-electron chi connectivity index (χ2n) is 8.31. The number of hydrogen-bond acceptors (Lipinski definition) is 9. The number of hydrogen-bond donors (Lipinski definition) is 1. The summed E-state index contributed by atoms with van der Waals surface area (Å²) in [5, 5.41) is 15.4. The van der Waals surface area contributed by atoms with E-state index in [0.29, 0.717) is 46.9 Å². The number of nitrogens with zero attached hydrogens (tertiary/aromatic N) is 4. The first-order valence-corrected chi connectivity index (χ1v) is 12.9. The molecule has 3 aromatic rings. The quantitative estimate of drug-likeness (QED) is 0.291. The van der Waals surface area contributed by atoms with Crippen molar-refractivity contribution in [2.75, 3.05) is 27.4 Å². The number of amides is 1. The predicted octanol–water partition coefficient (Wildman–Crippen LogP) is 4.61. The molecule has 2 aromatic carbocycles. The first-order valence-electron chi connectivity index (χ1n) is 12.0.